The Morgan fingerprint density at radius 1 is 1.33 bits per heavy atom. The molecule has 0 bridgehead atoms. The van der Waals surface area contributed by atoms with Gasteiger partial charge in [-0.1, -0.05) is 0 Å². The molecule has 0 fully saturated rings. The molecule has 4 heteroatoms. The number of pyridine rings is 1. The first kappa shape index (κ1) is 8.23. The highest BCUT2D eigenvalue weighted by atomic mass is 15.0. The summed E-state index contributed by atoms with van der Waals surface area (Å²) in [5.41, 5.74) is 2.17. The molecule has 3 rings (SSSR count). The highest BCUT2D eigenvalue weighted by molar-refractivity contribution is 5.79. The Morgan fingerprint density at radius 3 is 3.20 bits per heavy atom. The molecule has 0 unspecified atom stereocenters. The van der Waals surface area contributed by atoms with E-state index in [1.54, 1.807) is 12.4 Å². The molecule has 0 aliphatic carbocycles. The van der Waals surface area contributed by atoms with Gasteiger partial charge in [-0.3, -0.25) is 0 Å². The number of aromatic amines is 1. The summed E-state index contributed by atoms with van der Waals surface area (Å²) in [4.78, 5) is 11.4. The molecule has 15 heavy (non-hydrogen) atoms. The van der Waals surface area contributed by atoms with Crippen LogP contribution in [0.1, 0.15) is 5.56 Å². The number of imidazole rings is 1. The van der Waals surface area contributed by atoms with Gasteiger partial charge in [0.2, 0.25) is 0 Å². The second-order valence-corrected chi connectivity index (χ2v) is 3.45. The molecule has 0 atom stereocenters. The third kappa shape index (κ3) is 1.40. The number of nitrogens with zero attached hydrogens (tertiary/aromatic N) is 3. The largest absolute Gasteiger partial charge is 0.346 e. The molecule has 3 aromatic heterocycles. The van der Waals surface area contributed by atoms with Crippen LogP contribution >= 0.6 is 0 Å². The molecule has 1 N–H and O–H groups in total. The Kier molecular flexibility index (Phi) is 1.78. The highest BCUT2D eigenvalue weighted by Gasteiger charge is 2.03. The van der Waals surface area contributed by atoms with E-state index in [9.17, 15) is 0 Å². The minimum absolute atomic E-state index is 0.825. The predicted octanol–water partition coefficient (Wildman–Crippen LogP) is 1.81. The Bertz CT molecular complexity index is 565. The maximum Gasteiger partial charge on any atom is 0.137 e. The quantitative estimate of drug-likeness (QED) is 0.682. The first-order chi connectivity index (χ1) is 7.43. The van der Waals surface area contributed by atoms with Crippen LogP contribution in [0.5, 0.6) is 0 Å². The highest BCUT2D eigenvalue weighted by Crippen LogP contribution is 2.16. The van der Waals surface area contributed by atoms with Crippen LogP contribution in [0, 0.1) is 0 Å². The van der Waals surface area contributed by atoms with Gasteiger partial charge in [0.25, 0.3) is 0 Å². The summed E-state index contributed by atoms with van der Waals surface area (Å²) in [6.45, 7) is 0.825. The fourth-order valence-electron chi connectivity index (χ4n) is 1.72. The van der Waals surface area contributed by atoms with Crippen molar-refractivity contribution in [2.45, 2.75) is 6.54 Å². The molecule has 0 aromatic carbocycles. The van der Waals surface area contributed by atoms with Gasteiger partial charge in [-0.25, -0.2) is 9.97 Å². The van der Waals surface area contributed by atoms with Crippen LogP contribution in [0.2, 0.25) is 0 Å². The van der Waals surface area contributed by atoms with Crippen molar-refractivity contribution in [1.82, 2.24) is 19.5 Å². The molecule has 0 aliphatic heterocycles. The third-order valence-corrected chi connectivity index (χ3v) is 2.45. The average molecular weight is 198 g/mol. The second-order valence-electron chi connectivity index (χ2n) is 3.45. The number of hydrogen-bond acceptors (Lipinski definition) is 2. The smallest absolute Gasteiger partial charge is 0.137 e. The molecule has 0 saturated carbocycles. The Labute approximate surface area is 86.6 Å². The lowest BCUT2D eigenvalue weighted by atomic mass is 10.2. The Morgan fingerprint density at radius 2 is 2.33 bits per heavy atom. The van der Waals surface area contributed by atoms with E-state index in [4.69, 9.17) is 0 Å². The van der Waals surface area contributed by atoms with Gasteiger partial charge in [-0.05, 0) is 17.7 Å². The van der Waals surface area contributed by atoms with Crippen molar-refractivity contribution >= 4 is 11.0 Å². The molecule has 0 aliphatic rings. The van der Waals surface area contributed by atoms with E-state index in [2.05, 4.69) is 21.0 Å². The maximum atomic E-state index is 4.25. The zero-order valence-electron chi connectivity index (χ0n) is 8.09. The lowest BCUT2D eigenvalue weighted by molar-refractivity contribution is 0.802. The van der Waals surface area contributed by atoms with Crippen LogP contribution in [0.25, 0.3) is 11.0 Å². The van der Waals surface area contributed by atoms with Crippen molar-refractivity contribution in [3.63, 3.8) is 0 Å². The second kappa shape index (κ2) is 3.24. The molecular weight excluding hydrogens is 188 g/mol. The fraction of sp³-hybridized carbons (Fsp3) is 0.0909. The number of hydrogen-bond donors (Lipinski definition) is 1. The Hall–Kier alpha value is -2.10. The van der Waals surface area contributed by atoms with E-state index in [1.165, 1.54) is 10.9 Å². The molecule has 3 aromatic rings. The van der Waals surface area contributed by atoms with E-state index in [0.717, 1.165) is 12.2 Å². The lowest BCUT2D eigenvalue weighted by Crippen LogP contribution is -1.94. The zero-order chi connectivity index (χ0) is 10.1. The van der Waals surface area contributed by atoms with Gasteiger partial charge in [-0.2, -0.15) is 0 Å². The summed E-state index contributed by atoms with van der Waals surface area (Å²) in [6, 6.07) is 4.03. The first-order valence-corrected chi connectivity index (χ1v) is 4.80. The van der Waals surface area contributed by atoms with E-state index >= 15 is 0 Å². The van der Waals surface area contributed by atoms with E-state index in [1.807, 2.05) is 29.4 Å². The average Bonchev–Trinajstić information content (AvgIpc) is 2.89. The monoisotopic (exact) mass is 198 g/mol. The third-order valence-electron chi connectivity index (χ3n) is 2.45. The molecule has 0 saturated heterocycles. The number of aromatic nitrogens is 4. The molecule has 0 amide bonds. The summed E-state index contributed by atoms with van der Waals surface area (Å²) in [6.07, 6.45) is 9.34. The molecule has 4 nitrogen and oxygen atoms in total. The summed E-state index contributed by atoms with van der Waals surface area (Å²) in [5.74, 6) is 0. The van der Waals surface area contributed by atoms with Crippen LogP contribution in [-0.4, -0.2) is 19.5 Å². The summed E-state index contributed by atoms with van der Waals surface area (Å²) in [5, 5.41) is 1.17. The Balaban J connectivity index is 2.05. The molecule has 0 spiro atoms. The van der Waals surface area contributed by atoms with E-state index in [0.29, 0.717) is 0 Å². The maximum absolute atomic E-state index is 4.25. The normalized spacial score (nSPS) is 10.9. The number of fused-ring (bicyclic) bond motifs is 1. The minimum Gasteiger partial charge on any atom is -0.346 e. The van der Waals surface area contributed by atoms with Crippen LogP contribution in [0.15, 0.2) is 43.2 Å². The van der Waals surface area contributed by atoms with Crippen molar-refractivity contribution in [3.05, 3.63) is 48.8 Å². The SMILES string of the molecule is c1cnc2[nH]cc(Cn3ccnc3)c2c1. The van der Waals surface area contributed by atoms with Gasteiger partial charge in [0.05, 0.1) is 12.9 Å². The molecule has 3 heterocycles. The minimum atomic E-state index is 0.825. The van der Waals surface area contributed by atoms with Crippen molar-refractivity contribution < 1.29 is 0 Å². The van der Waals surface area contributed by atoms with Gasteiger partial charge < -0.3 is 9.55 Å². The lowest BCUT2D eigenvalue weighted by Gasteiger charge is -1.99. The van der Waals surface area contributed by atoms with E-state index in [-0.39, 0.29) is 0 Å². The van der Waals surface area contributed by atoms with E-state index < -0.39 is 0 Å². The van der Waals surface area contributed by atoms with Gasteiger partial charge in [0.1, 0.15) is 5.65 Å². The van der Waals surface area contributed by atoms with Crippen LogP contribution in [-0.2, 0) is 6.54 Å². The van der Waals surface area contributed by atoms with Crippen molar-refractivity contribution in [2.24, 2.45) is 0 Å². The fourth-order valence-corrected chi connectivity index (χ4v) is 1.72. The standard InChI is InChI=1S/C11H10N4/c1-2-10-9(6-14-11(10)13-3-1)7-15-5-4-12-8-15/h1-6,8H,7H2,(H,13,14). The number of rotatable bonds is 2. The number of H-pyrrole nitrogens is 1. The van der Waals surface area contributed by atoms with Gasteiger partial charge >= 0.3 is 0 Å². The summed E-state index contributed by atoms with van der Waals surface area (Å²) in [7, 11) is 0. The van der Waals surface area contributed by atoms with Crippen molar-refractivity contribution in [1.29, 1.82) is 0 Å². The van der Waals surface area contributed by atoms with Gasteiger partial charge in [-0.15, -0.1) is 0 Å². The summed E-state index contributed by atoms with van der Waals surface area (Å²) < 4.78 is 2.04. The van der Waals surface area contributed by atoms with Gasteiger partial charge in [0.15, 0.2) is 0 Å². The first-order valence-electron chi connectivity index (χ1n) is 4.80. The molecule has 74 valence electrons. The van der Waals surface area contributed by atoms with Crippen molar-refractivity contribution in [2.75, 3.05) is 0 Å². The molecule has 0 radical (unpaired) electrons. The topological polar surface area (TPSA) is 46.5 Å². The molecular formula is C11H10N4. The van der Waals surface area contributed by atoms with Crippen molar-refractivity contribution in [3.8, 4) is 0 Å². The van der Waals surface area contributed by atoms with Crippen LogP contribution in [0.3, 0.4) is 0 Å². The predicted molar refractivity (Wildman–Crippen MR) is 57.4 cm³/mol. The van der Waals surface area contributed by atoms with Gasteiger partial charge in [0, 0.05) is 30.2 Å². The van der Waals surface area contributed by atoms with Crippen LogP contribution < -0.4 is 0 Å². The number of nitrogens with one attached hydrogen (secondary N) is 1. The summed E-state index contributed by atoms with van der Waals surface area (Å²) >= 11 is 0. The van der Waals surface area contributed by atoms with Crippen LogP contribution in [0.4, 0.5) is 0 Å². The zero-order valence-corrected chi connectivity index (χ0v) is 8.09.